The van der Waals surface area contributed by atoms with Crippen molar-refractivity contribution in [2.45, 2.75) is 10.6 Å². The molecular formula is C14H11BrN2O2S. The van der Waals surface area contributed by atoms with Gasteiger partial charge in [0, 0.05) is 4.47 Å². The number of nitriles is 1. The van der Waals surface area contributed by atoms with Gasteiger partial charge in [-0.15, -0.1) is 0 Å². The molecule has 6 heteroatoms. The van der Waals surface area contributed by atoms with Crippen LogP contribution in [0.25, 0.3) is 0 Å². The van der Waals surface area contributed by atoms with E-state index in [1.165, 1.54) is 6.07 Å². The summed E-state index contributed by atoms with van der Waals surface area (Å²) in [5, 5.41) is 9.00. The minimum absolute atomic E-state index is 0.0773. The predicted molar refractivity (Wildman–Crippen MR) is 80.6 cm³/mol. The van der Waals surface area contributed by atoms with E-state index in [1.807, 2.05) is 6.07 Å². The first-order valence-corrected chi connectivity index (χ1v) is 8.14. The van der Waals surface area contributed by atoms with Crippen LogP contribution in [0.2, 0.25) is 0 Å². The Morgan fingerprint density at radius 3 is 2.55 bits per heavy atom. The van der Waals surface area contributed by atoms with E-state index in [2.05, 4.69) is 15.9 Å². The first-order chi connectivity index (χ1) is 9.44. The lowest BCUT2D eigenvalue weighted by Crippen LogP contribution is -2.09. The highest BCUT2D eigenvalue weighted by Gasteiger charge is 2.20. The average Bonchev–Trinajstić information content (AvgIpc) is 2.38. The van der Waals surface area contributed by atoms with Crippen LogP contribution in [0.4, 0.5) is 5.69 Å². The Morgan fingerprint density at radius 1 is 1.20 bits per heavy atom. The van der Waals surface area contributed by atoms with Crippen LogP contribution < -0.4 is 5.73 Å². The first-order valence-electron chi connectivity index (χ1n) is 5.70. The van der Waals surface area contributed by atoms with E-state index in [0.717, 1.165) is 0 Å². The molecule has 0 fully saturated rings. The predicted octanol–water partition coefficient (Wildman–Crippen LogP) is 2.88. The summed E-state index contributed by atoms with van der Waals surface area (Å²) >= 11 is 3.23. The molecule has 0 aliphatic heterocycles. The third kappa shape index (κ3) is 3.00. The number of nitrogens with two attached hydrogens (primary N) is 1. The van der Waals surface area contributed by atoms with Crippen LogP contribution >= 0.6 is 15.9 Å². The van der Waals surface area contributed by atoms with Crippen molar-refractivity contribution >= 4 is 31.5 Å². The Bertz CT molecular complexity index is 795. The Morgan fingerprint density at radius 2 is 1.90 bits per heavy atom. The molecule has 0 saturated heterocycles. The fraction of sp³-hybridized carbons (Fsp3) is 0.0714. The number of sulfone groups is 1. The SMILES string of the molecule is N#Cc1ccccc1CS(=O)(=O)c1ccc(Br)cc1N. The quantitative estimate of drug-likeness (QED) is 0.862. The van der Waals surface area contributed by atoms with E-state index in [-0.39, 0.29) is 16.3 Å². The average molecular weight is 351 g/mol. The smallest absolute Gasteiger partial charge is 0.184 e. The fourth-order valence-electron chi connectivity index (χ4n) is 1.84. The van der Waals surface area contributed by atoms with Crippen molar-refractivity contribution in [3.05, 3.63) is 58.1 Å². The number of anilines is 1. The van der Waals surface area contributed by atoms with Crippen LogP contribution in [0.5, 0.6) is 0 Å². The molecule has 0 atom stereocenters. The molecule has 0 unspecified atom stereocenters. The molecule has 2 aromatic carbocycles. The molecule has 0 radical (unpaired) electrons. The van der Waals surface area contributed by atoms with Gasteiger partial charge in [-0.3, -0.25) is 0 Å². The normalized spacial score (nSPS) is 11.0. The number of benzene rings is 2. The highest BCUT2D eigenvalue weighted by molar-refractivity contribution is 9.10. The molecule has 2 rings (SSSR count). The van der Waals surface area contributed by atoms with Crippen molar-refractivity contribution in [2.75, 3.05) is 5.73 Å². The highest BCUT2D eigenvalue weighted by Crippen LogP contribution is 2.26. The van der Waals surface area contributed by atoms with Gasteiger partial charge in [-0.25, -0.2) is 8.42 Å². The van der Waals surface area contributed by atoms with Crippen molar-refractivity contribution in [3.63, 3.8) is 0 Å². The molecule has 102 valence electrons. The minimum atomic E-state index is -3.59. The van der Waals surface area contributed by atoms with E-state index in [4.69, 9.17) is 11.0 Å². The summed E-state index contributed by atoms with van der Waals surface area (Å²) in [6, 6.07) is 13.2. The van der Waals surface area contributed by atoms with Crippen LogP contribution in [0.3, 0.4) is 0 Å². The van der Waals surface area contributed by atoms with E-state index >= 15 is 0 Å². The number of nitrogen functional groups attached to an aromatic ring is 1. The summed E-state index contributed by atoms with van der Waals surface area (Å²) in [6.45, 7) is 0. The second kappa shape index (κ2) is 5.65. The second-order valence-electron chi connectivity index (χ2n) is 4.21. The van der Waals surface area contributed by atoms with E-state index < -0.39 is 9.84 Å². The Kier molecular flexibility index (Phi) is 4.12. The molecule has 2 aromatic rings. The minimum Gasteiger partial charge on any atom is -0.398 e. The van der Waals surface area contributed by atoms with Gasteiger partial charge in [0.25, 0.3) is 0 Å². The van der Waals surface area contributed by atoms with Gasteiger partial charge in [0.05, 0.1) is 28.0 Å². The number of hydrogen-bond donors (Lipinski definition) is 1. The van der Waals surface area contributed by atoms with Gasteiger partial charge >= 0.3 is 0 Å². The molecule has 2 N–H and O–H groups in total. The largest absolute Gasteiger partial charge is 0.398 e. The molecule has 0 aromatic heterocycles. The van der Waals surface area contributed by atoms with Crippen molar-refractivity contribution in [1.82, 2.24) is 0 Å². The van der Waals surface area contributed by atoms with Gasteiger partial charge in [-0.05, 0) is 29.8 Å². The summed E-state index contributed by atoms with van der Waals surface area (Å²) in [4.78, 5) is 0.0773. The lowest BCUT2D eigenvalue weighted by Gasteiger charge is -2.09. The molecule has 0 amide bonds. The molecule has 0 bridgehead atoms. The van der Waals surface area contributed by atoms with Crippen molar-refractivity contribution in [3.8, 4) is 6.07 Å². The molecule has 20 heavy (non-hydrogen) atoms. The topological polar surface area (TPSA) is 84.0 Å². The monoisotopic (exact) mass is 350 g/mol. The van der Waals surface area contributed by atoms with E-state index in [0.29, 0.717) is 15.6 Å². The molecule has 0 heterocycles. The zero-order valence-corrected chi connectivity index (χ0v) is 12.8. The summed E-state index contributed by atoms with van der Waals surface area (Å²) < 4.78 is 25.5. The fourth-order valence-corrected chi connectivity index (χ4v) is 3.73. The second-order valence-corrected chi connectivity index (χ2v) is 7.08. The number of nitrogens with zero attached hydrogens (tertiary/aromatic N) is 1. The van der Waals surface area contributed by atoms with E-state index in [9.17, 15) is 8.42 Å². The molecule has 0 saturated carbocycles. The van der Waals surface area contributed by atoms with Crippen molar-refractivity contribution in [1.29, 1.82) is 5.26 Å². The number of hydrogen-bond acceptors (Lipinski definition) is 4. The standard InChI is InChI=1S/C14H11BrN2O2S/c15-12-5-6-14(13(17)7-12)20(18,19)9-11-4-2-1-3-10(11)8-16/h1-7H,9,17H2. The van der Waals surface area contributed by atoms with Gasteiger partial charge in [0.1, 0.15) is 0 Å². The third-order valence-corrected chi connectivity index (χ3v) is 5.02. The first kappa shape index (κ1) is 14.6. The van der Waals surface area contributed by atoms with Crippen LogP contribution in [0.1, 0.15) is 11.1 Å². The van der Waals surface area contributed by atoms with Crippen LogP contribution in [0.15, 0.2) is 51.8 Å². The van der Waals surface area contributed by atoms with Crippen LogP contribution in [0, 0.1) is 11.3 Å². The summed E-state index contributed by atoms with van der Waals surface area (Å²) in [5.41, 5.74) is 6.77. The molecular weight excluding hydrogens is 340 g/mol. The lowest BCUT2D eigenvalue weighted by atomic mass is 10.1. The number of rotatable bonds is 3. The molecule has 0 aliphatic carbocycles. The Labute approximate surface area is 125 Å². The summed E-state index contributed by atoms with van der Waals surface area (Å²) in [6.07, 6.45) is 0. The van der Waals surface area contributed by atoms with Gasteiger partial charge in [0.2, 0.25) is 0 Å². The summed E-state index contributed by atoms with van der Waals surface area (Å²) in [5.74, 6) is -0.247. The third-order valence-electron chi connectivity index (χ3n) is 2.79. The molecule has 4 nitrogen and oxygen atoms in total. The van der Waals surface area contributed by atoms with Crippen LogP contribution in [-0.2, 0) is 15.6 Å². The van der Waals surface area contributed by atoms with Gasteiger partial charge in [0.15, 0.2) is 9.84 Å². The van der Waals surface area contributed by atoms with Gasteiger partial charge in [-0.2, -0.15) is 5.26 Å². The van der Waals surface area contributed by atoms with Gasteiger partial charge < -0.3 is 5.73 Å². The lowest BCUT2D eigenvalue weighted by molar-refractivity contribution is 0.595. The maximum atomic E-state index is 12.4. The molecule has 0 aliphatic rings. The summed E-state index contributed by atoms with van der Waals surface area (Å²) in [7, 11) is -3.59. The Balaban J connectivity index is 2.44. The number of halogens is 1. The zero-order valence-electron chi connectivity index (χ0n) is 10.4. The Hall–Kier alpha value is -1.84. The maximum Gasteiger partial charge on any atom is 0.184 e. The van der Waals surface area contributed by atoms with Gasteiger partial charge in [-0.1, -0.05) is 34.1 Å². The molecule has 0 spiro atoms. The van der Waals surface area contributed by atoms with E-state index in [1.54, 1.807) is 36.4 Å². The van der Waals surface area contributed by atoms with Crippen molar-refractivity contribution in [2.24, 2.45) is 0 Å². The van der Waals surface area contributed by atoms with Crippen LogP contribution in [-0.4, -0.2) is 8.42 Å². The zero-order chi connectivity index (χ0) is 14.8. The van der Waals surface area contributed by atoms with Crippen molar-refractivity contribution < 1.29 is 8.42 Å². The highest BCUT2D eigenvalue weighted by atomic mass is 79.9. The maximum absolute atomic E-state index is 12.4.